The monoisotopic (exact) mass is 486 g/mol. The van der Waals surface area contributed by atoms with Crippen LogP contribution in [-0.2, 0) is 7.05 Å². The molecule has 1 atom stereocenters. The summed E-state index contributed by atoms with van der Waals surface area (Å²) < 4.78 is 5.11. The Labute approximate surface area is 210 Å². The van der Waals surface area contributed by atoms with Gasteiger partial charge in [0.05, 0.1) is 16.8 Å². The van der Waals surface area contributed by atoms with Crippen LogP contribution in [-0.4, -0.2) is 37.9 Å². The number of hydrogen-bond donors (Lipinski definition) is 2. The quantitative estimate of drug-likeness (QED) is 0.338. The third-order valence-electron chi connectivity index (χ3n) is 6.48. The van der Waals surface area contributed by atoms with Gasteiger partial charge in [0, 0.05) is 43.9 Å². The van der Waals surface area contributed by atoms with Gasteiger partial charge in [-0.3, -0.25) is 9.40 Å². The summed E-state index contributed by atoms with van der Waals surface area (Å²) in [6.45, 7) is 6.04. The summed E-state index contributed by atoms with van der Waals surface area (Å²) in [5.41, 5.74) is 5.62. The normalized spacial score (nSPS) is 15.9. The van der Waals surface area contributed by atoms with Gasteiger partial charge in [-0.1, -0.05) is 30.3 Å². The maximum Gasteiger partial charge on any atom is 0.235 e. The van der Waals surface area contributed by atoms with Gasteiger partial charge >= 0.3 is 0 Å². The highest BCUT2D eigenvalue weighted by Crippen LogP contribution is 2.34. The first kappa shape index (κ1) is 23.2. The highest BCUT2D eigenvalue weighted by Gasteiger charge is 2.24. The number of aromatic hydroxyl groups is 1. The Morgan fingerprint density at radius 2 is 1.86 bits per heavy atom. The molecule has 0 aliphatic carbocycles. The van der Waals surface area contributed by atoms with Crippen molar-refractivity contribution in [1.29, 1.82) is 0 Å². The van der Waals surface area contributed by atoms with E-state index in [1.807, 2.05) is 31.6 Å². The van der Waals surface area contributed by atoms with Crippen molar-refractivity contribution in [2.75, 3.05) is 22.7 Å². The molecule has 7 nitrogen and oxygen atoms in total. The highest BCUT2D eigenvalue weighted by molar-refractivity contribution is 8.00. The Morgan fingerprint density at radius 1 is 1.06 bits per heavy atom. The zero-order valence-corrected chi connectivity index (χ0v) is 21.1. The number of phenols is 1. The second-order valence-corrected chi connectivity index (χ2v) is 10.0. The lowest BCUT2D eigenvalue weighted by Crippen LogP contribution is -2.35. The fourth-order valence-electron chi connectivity index (χ4n) is 4.78. The molecule has 0 spiro atoms. The van der Waals surface area contributed by atoms with Crippen molar-refractivity contribution < 1.29 is 5.11 Å². The molecule has 35 heavy (non-hydrogen) atoms. The Morgan fingerprint density at radius 3 is 2.60 bits per heavy atom. The van der Waals surface area contributed by atoms with Gasteiger partial charge in [0.2, 0.25) is 5.95 Å². The minimum atomic E-state index is 0.317. The number of hydrogen-bond acceptors (Lipinski definition) is 7. The summed E-state index contributed by atoms with van der Waals surface area (Å²) in [5.74, 6) is 2.15. The number of phenolic OH excluding ortho intramolecular Hbond substituents is 1. The van der Waals surface area contributed by atoms with Gasteiger partial charge in [-0.25, -0.2) is 4.98 Å². The Hall–Kier alpha value is -3.52. The van der Waals surface area contributed by atoms with Crippen molar-refractivity contribution >= 4 is 23.7 Å². The minimum Gasteiger partial charge on any atom is -0.508 e. The van der Waals surface area contributed by atoms with Crippen LogP contribution in [0.3, 0.4) is 0 Å². The number of aromatic nitrogens is 4. The van der Waals surface area contributed by atoms with E-state index < -0.39 is 0 Å². The van der Waals surface area contributed by atoms with Crippen molar-refractivity contribution in [3.8, 4) is 17.0 Å². The second-order valence-electron chi connectivity index (χ2n) is 9.14. The van der Waals surface area contributed by atoms with Crippen LogP contribution in [0.5, 0.6) is 5.75 Å². The Balaban J connectivity index is 1.49. The topological polar surface area (TPSA) is 79.1 Å². The second kappa shape index (κ2) is 10.00. The highest BCUT2D eigenvalue weighted by atomic mass is 32.2. The molecular formula is C27H30N6OS. The van der Waals surface area contributed by atoms with Crippen molar-refractivity contribution in [3.63, 3.8) is 0 Å². The molecule has 3 heterocycles. The number of benzene rings is 2. The average molecular weight is 487 g/mol. The first-order valence-electron chi connectivity index (χ1n) is 11.9. The molecule has 2 aromatic carbocycles. The van der Waals surface area contributed by atoms with E-state index in [0.29, 0.717) is 17.6 Å². The molecule has 1 aliphatic heterocycles. The molecular weight excluding hydrogens is 456 g/mol. The maximum absolute atomic E-state index is 9.98. The fraction of sp³-hybridized carbons (Fsp3) is 0.296. The summed E-state index contributed by atoms with van der Waals surface area (Å²) in [6, 6.07) is 16.1. The van der Waals surface area contributed by atoms with E-state index in [1.54, 1.807) is 10.7 Å². The summed E-state index contributed by atoms with van der Waals surface area (Å²) in [7, 11) is 1.90. The third-order valence-corrected chi connectivity index (χ3v) is 7.21. The molecule has 2 aromatic heterocycles. The van der Waals surface area contributed by atoms with Gasteiger partial charge in [0.1, 0.15) is 11.6 Å². The molecule has 2 N–H and O–H groups in total. The molecule has 0 saturated carbocycles. The van der Waals surface area contributed by atoms with Crippen molar-refractivity contribution in [2.45, 2.75) is 37.5 Å². The molecule has 1 aliphatic rings. The average Bonchev–Trinajstić information content (AvgIpc) is 3.28. The first-order valence-corrected chi connectivity index (χ1v) is 12.7. The number of anilines is 2. The van der Waals surface area contributed by atoms with E-state index in [0.717, 1.165) is 47.9 Å². The van der Waals surface area contributed by atoms with Crippen LogP contribution in [0.2, 0.25) is 0 Å². The maximum atomic E-state index is 9.98. The Kier molecular flexibility index (Phi) is 6.63. The van der Waals surface area contributed by atoms with Crippen LogP contribution >= 0.6 is 11.9 Å². The van der Waals surface area contributed by atoms with Gasteiger partial charge in [-0.2, -0.15) is 10.1 Å². The summed E-state index contributed by atoms with van der Waals surface area (Å²) in [4.78, 5) is 13.2. The van der Waals surface area contributed by atoms with Gasteiger partial charge in [-0.05, 0) is 67.5 Å². The standard InChI is InChI=1S/C27H30N6OS/c1-18-7-4-8-19(2)26(18)24-14-25(30-27(29-24)31-35-23-15-28-32(3)17-23)33-12-6-10-21(16-33)20-9-5-11-22(34)13-20/h4-5,7-9,11,13-15,17,21,34H,6,10,12,16H2,1-3H3,(H,29,30,31). The fourth-order valence-corrected chi connectivity index (χ4v) is 5.39. The van der Waals surface area contributed by atoms with E-state index >= 15 is 0 Å². The molecule has 4 aromatic rings. The predicted octanol–water partition coefficient (Wildman–Crippen LogP) is 5.70. The van der Waals surface area contributed by atoms with E-state index in [4.69, 9.17) is 9.97 Å². The number of piperidine rings is 1. The largest absolute Gasteiger partial charge is 0.508 e. The lowest BCUT2D eigenvalue weighted by molar-refractivity contribution is 0.469. The van der Waals surface area contributed by atoms with Crippen LogP contribution in [0.25, 0.3) is 11.3 Å². The molecule has 180 valence electrons. The molecule has 5 rings (SSSR count). The van der Waals surface area contributed by atoms with Gasteiger partial charge in [0.15, 0.2) is 0 Å². The zero-order valence-electron chi connectivity index (χ0n) is 20.3. The van der Waals surface area contributed by atoms with Crippen LogP contribution in [0, 0.1) is 13.8 Å². The molecule has 1 saturated heterocycles. The number of nitrogens with one attached hydrogen (secondary N) is 1. The first-order chi connectivity index (χ1) is 17.0. The summed E-state index contributed by atoms with van der Waals surface area (Å²) in [5, 5.41) is 14.2. The SMILES string of the molecule is Cc1cccc(C)c1-c1cc(N2CCCC(c3cccc(O)c3)C2)nc(NSc2cnn(C)c2)n1. The molecule has 0 bridgehead atoms. The van der Waals surface area contributed by atoms with Crippen molar-refractivity contribution in [3.05, 3.63) is 77.6 Å². The number of nitrogens with zero attached hydrogens (tertiary/aromatic N) is 5. The van der Waals surface area contributed by atoms with Crippen LogP contribution in [0.1, 0.15) is 35.4 Å². The van der Waals surface area contributed by atoms with Crippen molar-refractivity contribution in [1.82, 2.24) is 19.7 Å². The third kappa shape index (κ3) is 5.27. The van der Waals surface area contributed by atoms with E-state index in [1.165, 1.54) is 28.6 Å². The van der Waals surface area contributed by atoms with Crippen LogP contribution in [0.15, 0.2) is 65.8 Å². The van der Waals surface area contributed by atoms with E-state index in [2.05, 4.69) is 58.9 Å². The predicted molar refractivity (Wildman–Crippen MR) is 142 cm³/mol. The molecule has 1 fully saturated rings. The molecule has 8 heteroatoms. The van der Waals surface area contributed by atoms with Crippen LogP contribution < -0.4 is 9.62 Å². The van der Waals surface area contributed by atoms with E-state index in [-0.39, 0.29) is 0 Å². The lowest BCUT2D eigenvalue weighted by Gasteiger charge is -2.34. The van der Waals surface area contributed by atoms with Gasteiger partial charge in [-0.15, -0.1) is 0 Å². The minimum absolute atomic E-state index is 0.317. The van der Waals surface area contributed by atoms with Crippen LogP contribution in [0.4, 0.5) is 11.8 Å². The summed E-state index contributed by atoms with van der Waals surface area (Å²) in [6.07, 6.45) is 5.93. The van der Waals surface area contributed by atoms with E-state index in [9.17, 15) is 5.11 Å². The Bertz CT molecular complexity index is 1320. The molecule has 1 unspecified atom stereocenters. The van der Waals surface area contributed by atoms with Gasteiger partial charge < -0.3 is 10.0 Å². The molecule has 0 amide bonds. The lowest BCUT2D eigenvalue weighted by atomic mass is 9.90. The zero-order chi connectivity index (χ0) is 24.4. The summed E-state index contributed by atoms with van der Waals surface area (Å²) >= 11 is 1.46. The smallest absolute Gasteiger partial charge is 0.235 e. The number of aryl methyl sites for hydroxylation is 3. The molecule has 0 radical (unpaired) electrons. The van der Waals surface area contributed by atoms with Crippen molar-refractivity contribution in [2.24, 2.45) is 7.05 Å². The number of rotatable bonds is 6. The van der Waals surface area contributed by atoms with Gasteiger partial charge in [0.25, 0.3) is 0 Å².